The van der Waals surface area contributed by atoms with Crippen LogP contribution in [0.2, 0.25) is 0 Å². The molecule has 2 aromatic carbocycles. The lowest BCUT2D eigenvalue weighted by Gasteiger charge is -2.25. The molecule has 0 unspecified atom stereocenters. The molecule has 0 fully saturated rings. The number of hydrogen-bond donors (Lipinski definition) is 4. The summed E-state index contributed by atoms with van der Waals surface area (Å²) in [5.41, 5.74) is -1.40. The first-order valence-corrected chi connectivity index (χ1v) is 11.7. The van der Waals surface area contributed by atoms with Crippen LogP contribution in [0, 0.1) is 11.8 Å². The van der Waals surface area contributed by atoms with Gasteiger partial charge in [-0.15, -0.1) is 0 Å². The zero-order valence-corrected chi connectivity index (χ0v) is 20.8. The second-order valence-corrected chi connectivity index (χ2v) is 9.29. The van der Waals surface area contributed by atoms with Gasteiger partial charge in [0.25, 0.3) is 16.8 Å². The predicted molar refractivity (Wildman–Crippen MR) is 135 cm³/mol. The van der Waals surface area contributed by atoms with Gasteiger partial charge < -0.3 is 26.0 Å². The highest BCUT2D eigenvalue weighted by Gasteiger charge is 2.29. The molecule has 0 bridgehead atoms. The average Bonchev–Trinajstić information content (AvgIpc) is 2.80. The average molecular weight is 473 g/mol. The summed E-state index contributed by atoms with van der Waals surface area (Å²) in [5.74, 6) is -0.815. The van der Waals surface area contributed by atoms with Crippen molar-refractivity contribution >= 4 is 28.9 Å². The molecule has 0 aliphatic heterocycles. The summed E-state index contributed by atoms with van der Waals surface area (Å²) in [6.45, 7) is 8.42. The number of carbonyl (C=O) groups is 2. The van der Waals surface area contributed by atoms with E-state index >= 15 is 0 Å². The lowest BCUT2D eigenvalue weighted by Crippen LogP contribution is -2.47. The Morgan fingerprint density at radius 2 is 1.71 bits per heavy atom. The number of phenols is 1. The van der Waals surface area contributed by atoms with Crippen LogP contribution in [0.5, 0.6) is 5.75 Å². The zero-order chi connectivity index (χ0) is 25.6. The van der Waals surface area contributed by atoms with E-state index in [1.165, 1.54) is 17.0 Å². The molecule has 0 spiro atoms. The van der Waals surface area contributed by atoms with E-state index in [1.807, 2.05) is 13.8 Å². The predicted octanol–water partition coefficient (Wildman–Crippen LogP) is 2.81. The highest BCUT2D eigenvalue weighted by atomic mass is 16.3. The summed E-state index contributed by atoms with van der Waals surface area (Å²) in [6, 6.07) is 3.79. The third kappa shape index (κ3) is 6.15. The number of amides is 2. The molecule has 0 aromatic heterocycles. The number of hydrogen-bond acceptors (Lipinski definition) is 7. The van der Waals surface area contributed by atoms with Crippen LogP contribution in [0.4, 0.5) is 17.1 Å². The van der Waals surface area contributed by atoms with E-state index in [4.69, 9.17) is 0 Å². The van der Waals surface area contributed by atoms with E-state index < -0.39 is 22.8 Å². The standard InChI is InChI=1S/C25H36N4O5/c1-7-8-10-15(4)13-26-24(33)18(14(2)3)28-20-19(22(31)23(20)32)27-17-12-9-11-16(21(17)30)25(34)29(5)6/h9,11-12,14-15,18,27-28,30H,7-8,10,13H2,1-6H3,(H,26,33)/t15-,18-/m1/s1. The number of carbonyl (C=O) groups excluding carboxylic acids is 2. The van der Waals surface area contributed by atoms with Crippen LogP contribution >= 0.6 is 0 Å². The molecule has 0 aliphatic carbocycles. The fraction of sp³-hybridized carbons (Fsp3) is 0.520. The summed E-state index contributed by atoms with van der Waals surface area (Å²) in [4.78, 5) is 51.0. The number of para-hydroxylation sites is 1. The number of rotatable bonds is 12. The Kier molecular flexibility index (Phi) is 9.23. The number of nitrogens with zero attached hydrogens (tertiary/aromatic N) is 1. The van der Waals surface area contributed by atoms with Gasteiger partial charge in [-0.1, -0.05) is 46.6 Å². The maximum atomic E-state index is 12.8. The van der Waals surface area contributed by atoms with Crippen molar-refractivity contribution in [2.24, 2.45) is 11.8 Å². The third-order valence-corrected chi connectivity index (χ3v) is 5.77. The molecular formula is C25H36N4O5. The van der Waals surface area contributed by atoms with E-state index in [-0.39, 0.29) is 40.2 Å². The topological polar surface area (TPSA) is 128 Å². The molecule has 2 atom stereocenters. The van der Waals surface area contributed by atoms with Crippen molar-refractivity contribution in [2.45, 2.75) is 53.0 Å². The van der Waals surface area contributed by atoms with Crippen LogP contribution < -0.4 is 26.8 Å². The van der Waals surface area contributed by atoms with Crippen LogP contribution in [-0.2, 0) is 4.79 Å². The monoisotopic (exact) mass is 472 g/mol. The van der Waals surface area contributed by atoms with Gasteiger partial charge in [0, 0.05) is 20.6 Å². The normalized spacial score (nSPS) is 12.9. The Morgan fingerprint density at radius 1 is 1.06 bits per heavy atom. The van der Waals surface area contributed by atoms with Gasteiger partial charge in [-0.25, -0.2) is 0 Å². The fourth-order valence-corrected chi connectivity index (χ4v) is 3.57. The Balaban J connectivity index is 2.21. The second kappa shape index (κ2) is 11.7. The molecule has 9 heteroatoms. The largest absolute Gasteiger partial charge is 0.505 e. The molecule has 2 rings (SSSR count). The van der Waals surface area contributed by atoms with Crippen LogP contribution in [0.25, 0.3) is 0 Å². The number of benzene rings is 1. The molecule has 0 saturated carbocycles. The van der Waals surface area contributed by atoms with Crippen molar-refractivity contribution in [1.29, 1.82) is 0 Å². The number of phenolic OH excluding ortho intramolecular Hbond substituents is 1. The Morgan fingerprint density at radius 3 is 2.29 bits per heavy atom. The fourth-order valence-electron chi connectivity index (χ4n) is 3.57. The second-order valence-electron chi connectivity index (χ2n) is 9.29. The van der Waals surface area contributed by atoms with Crippen LogP contribution in [0.3, 0.4) is 0 Å². The molecule has 0 saturated heterocycles. The lowest BCUT2D eigenvalue weighted by molar-refractivity contribution is -0.122. The van der Waals surface area contributed by atoms with Crippen LogP contribution in [0.1, 0.15) is 57.3 Å². The van der Waals surface area contributed by atoms with Gasteiger partial charge in [0.1, 0.15) is 17.4 Å². The molecule has 4 N–H and O–H groups in total. The van der Waals surface area contributed by atoms with Crippen molar-refractivity contribution in [3.8, 4) is 5.75 Å². The molecule has 2 aromatic rings. The molecule has 0 aliphatic rings. The van der Waals surface area contributed by atoms with E-state index in [1.54, 1.807) is 20.2 Å². The van der Waals surface area contributed by atoms with Gasteiger partial charge in [-0.05, 0) is 30.4 Å². The van der Waals surface area contributed by atoms with Gasteiger partial charge in [-0.3, -0.25) is 19.2 Å². The zero-order valence-electron chi connectivity index (χ0n) is 20.8. The minimum Gasteiger partial charge on any atom is -0.505 e. The number of anilines is 3. The first-order valence-electron chi connectivity index (χ1n) is 11.7. The van der Waals surface area contributed by atoms with E-state index in [0.29, 0.717) is 12.5 Å². The van der Waals surface area contributed by atoms with Gasteiger partial charge in [-0.2, -0.15) is 0 Å². The molecule has 0 heterocycles. The number of aromatic hydroxyl groups is 1. The molecule has 34 heavy (non-hydrogen) atoms. The summed E-state index contributed by atoms with van der Waals surface area (Å²) < 4.78 is 0. The molecule has 2 amide bonds. The Labute approximate surface area is 200 Å². The minimum absolute atomic E-state index is 0.0124. The Bertz CT molecular complexity index is 1090. The van der Waals surface area contributed by atoms with Crippen LogP contribution in [0.15, 0.2) is 27.8 Å². The maximum absolute atomic E-state index is 12.8. The lowest BCUT2D eigenvalue weighted by atomic mass is 10.0. The maximum Gasteiger partial charge on any atom is 0.257 e. The smallest absolute Gasteiger partial charge is 0.257 e. The van der Waals surface area contributed by atoms with E-state index in [0.717, 1.165) is 19.3 Å². The van der Waals surface area contributed by atoms with Gasteiger partial charge >= 0.3 is 0 Å². The summed E-state index contributed by atoms with van der Waals surface area (Å²) in [6.07, 6.45) is 3.20. The third-order valence-electron chi connectivity index (χ3n) is 5.77. The van der Waals surface area contributed by atoms with Gasteiger partial charge in [0.15, 0.2) is 5.75 Å². The van der Waals surface area contributed by atoms with E-state index in [2.05, 4.69) is 29.8 Å². The van der Waals surface area contributed by atoms with Crippen molar-refractivity contribution in [3.63, 3.8) is 0 Å². The van der Waals surface area contributed by atoms with Crippen molar-refractivity contribution in [2.75, 3.05) is 31.3 Å². The number of unbranched alkanes of at least 4 members (excludes halogenated alkanes) is 1. The Hall–Kier alpha value is -3.36. The first-order chi connectivity index (χ1) is 16.0. The summed E-state index contributed by atoms with van der Waals surface area (Å²) in [7, 11) is 3.12. The van der Waals surface area contributed by atoms with Crippen molar-refractivity contribution in [3.05, 3.63) is 44.2 Å². The first kappa shape index (κ1) is 26.9. The van der Waals surface area contributed by atoms with Crippen LogP contribution in [-0.4, -0.2) is 48.5 Å². The SMILES string of the molecule is CCCC[C@@H](C)CNC(=O)[C@H](Nc1c(Nc2cccc(C(=O)N(C)C)c2O)c(=O)c1=O)C(C)C. The van der Waals surface area contributed by atoms with Crippen molar-refractivity contribution < 1.29 is 14.7 Å². The molecule has 186 valence electrons. The molecular weight excluding hydrogens is 436 g/mol. The molecule has 0 radical (unpaired) electrons. The van der Waals surface area contributed by atoms with Crippen molar-refractivity contribution in [1.82, 2.24) is 10.2 Å². The summed E-state index contributed by atoms with van der Waals surface area (Å²) >= 11 is 0. The highest BCUT2D eigenvalue weighted by Crippen LogP contribution is 2.32. The number of nitrogens with one attached hydrogen (secondary N) is 3. The summed E-state index contributed by atoms with van der Waals surface area (Å²) in [5, 5.41) is 19.2. The van der Waals surface area contributed by atoms with Gasteiger partial charge in [0.05, 0.1) is 11.3 Å². The van der Waals surface area contributed by atoms with E-state index in [9.17, 15) is 24.3 Å². The molecule has 9 nitrogen and oxygen atoms in total. The quantitative estimate of drug-likeness (QED) is 0.276. The highest BCUT2D eigenvalue weighted by molar-refractivity contribution is 5.99. The van der Waals surface area contributed by atoms with Gasteiger partial charge in [0.2, 0.25) is 5.91 Å². The minimum atomic E-state index is -0.762.